The Bertz CT molecular complexity index is 1790. The molecule has 0 bridgehead atoms. The standard InChI is InChI=1S/C31H34N10O2/c1-37-7-11-39(12-8-37)28-4-3-23(18-32-28)36-30(42)22-15-24-25(19-34-29(24)33-17-22)21-5-6-41-27(16-21)26(20-35-41)31(43)40-13-9-38(2)10-14-40/h3-6,15-20H,7-14H2,1-2H3,(H,33,34)(H,36,42). The first kappa shape index (κ1) is 27.0. The molecule has 220 valence electrons. The van der Waals surface area contributed by atoms with Gasteiger partial charge in [0.1, 0.15) is 11.5 Å². The van der Waals surface area contributed by atoms with Gasteiger partial charge in [0.05, 0.1) is 34.7 Å². The SMILES string of the molecule is CN1CCN(C(=O)c2cnn3ccc(-c4c[nH]c5ncc(C(=O)Nc6ccc(N7CCN(C)CC7)nc6)cc45)cc23)CC1. The molecule has 0 aromatic carbocycles. The Morgan fingerprint density at radius 2 is 1.63 bits per heavy atom. The maximum atomic E-state index is 13.4. The van der Waals surface area contributed by atoms with Crippen LogP contribution in [0.1, 0.15) is 20.7 Å². The van der Waals surface area contributed by atoms with E-state index in [4.69, 9.17) is 0 Å². The lowest BCUT2D eigenvalue weighted by Gasteiger charge is -2.33. The number of fused-ring (bicyclic) bond motifs is 2. The van der Waals surface area contributed by atoms with Crippen LogP contribution in [0, 0.1) is 0 Å². The minimum atomic E-state index is -0.262. The van der Waals surface area contributed by atoms with Gasteiger partial charge < -0.3 is 29.9 Å². The van der Waals surface area contributed by atoms with Crippen LogP contribution < -0.4 is 10.2 Å². The number of likely N-dealkylation sites (N-methyl/N-ethyl adjacent to an activating group) is 2. The normalized spacial score (nSPS) is 16.7. The lowest BCUT2D eigenvalue weighted by atomic mass is 10.0. The molecular weight excluding hydrogens is 544 g/mol. The zero-order valence-corrected chi connectivity index (χ0v) is 24.3. The highest BCUT2D eigenvalue weighted by Crippen LogP contribution is 2.30. The highest BCUT2D eigenvalue weighted by molar-refractivity contribution is 6.07. The van der Waals surface area contributed by atoms with E-state index < -0.39 is 0 Å². The van der Waals surface area contributed by atoms with E-state index >= 15 is 0 Å². The molecule has 2 fully saturated rings. The molecule has 7 heterocycles. The lowest BCUT2D eigenvalue weighted by Crippen LogP contribution is -2.47. The second-order valence-corrected chi connectivity index (χ2v) is 11.4. The molecule has 0 radical (unpaired) electrons. The number of aromatic amines is 1. The van der Waals surface area contributed by atoms with Crippen LogP contribution in [0.3, 0.4) is 0 Å². The third kappa shape index (κ3) is 5.30. The van der Waals surface area contributed by atoms with Crippen molar-refractivity contribution in [1.29, 1.82) is 0 Å². The average Bonchev–Trinajstić information content (AvgIpc) is 3.65. The van der Waals surface area contributed by atoms with Crippen LogP contribution >= 0.6 is 0 Å². The fourth-order valence-corrected chi connectivity index (χ4v) is 5.75. The molecule has 5 aromatic heterocycles. The van der Waals surface area contributed by atoms with Gasteiger partial charge in [0, 0.05) is 81.9 Å². The van der Waals surface area contributed by atoms with Crippen molar-refractivity contribution >= 4 is 39.9 Å². The summed E-state index contributed by atoms with van der Waals surface area (Å²) < 4.78 is 1.72. The van der Waals surface area contributed by atoms with E-state index in [0.29, 0.717) is 35.6 Å². The molecule has 7 rings (SSSR count). The Morgan fingerprint density at radius 3 is 2.37 bits per heavy atom. The topological polar surface area (TPSA) is 118 Å². The van der Waals surface area contributed by atoms with Crippen LogP contribution in [0.25, 0.3) is 27.7 Å². The Labute approximate surface area is 248 Å². The van der Waals surface area contributed by atoms with Crippen LogP contribution in [0.4, 0.5) is 11.5 Å². The number of hydrogen-bond acceptors (Lipinski definition) is 8. The molecule has 2 aliphatic heterocycles. The molecule has 0 spiro atoms. The smallest absolute Gasteiger partial charge is 0.257 e. The average molecular weight is 579 g/mol. The van der Waals surface area contributed by atoms with E-state index in [-0.39, 0.29) is 11.8 Å². The van der Waals surface area contributed by atoms with E-state index in [0.717, 1.165) is 67.1 Å². The minimum absolute atomic E-state index is 0.00847. The number of hydrogen-bond donors (Lipinski definition) is 2. The van der Waals surface area contributed by atoms with Crippen molar-refractivity contribution in [2.75, 3.05) is 76.7 Å². The van der Waals surface area contributed by atoms with Gasteiger partial charge in [-0.3, -0.25) is 9.59 Å². The fraction of sp³-hybridized carbons (Fsp3) is 0.323. The summed E-state index contributed by atoms with van der Waals surface area (Å²) in [5.41, 5.74) is 4.84. The molecule has 0 saturated carbocycles. The van der Waals surface area contributed by atoms with Gasteiger partial charge in [-0.2, -0.15) is 5.10 Å². The number of anilines is 2. The minimum Gasteiger partial charge on any atom is -0.354 e. The molecule has 5 aromatic rings. The van der Waals surface area contributed by atoms with Gasteiger partial charge in [0.25, 0.3) is 11.8 Å². The number of nitrogens with one attached hydrogen (secondary N) is 2. The number of H-pyrrole nitrogens is 1. The monoisotopic (exact) mass is 578 g/mol. The van der Waals surface area contributed by atoms with Gasteiger partial charge in [-0.1, -0.05) is 0 Å². The molecule has 0 atom stereocenters. The quantitative estimate of drug-likeness (QED) is 0.327. The highest BCUT2D eigenvalue weighted by atomic mass is 16.2. The number of piperazine rings is 2. The Kier molecular flexibility index (Phi) is 6.99. The predicted molar refractivity (Wildman–Crippen MR) is 166 cm³/mol. The van der Waals surface area contributed by atoms with E-state index in [1.165, 1.54) is 0 Å². The van der Waals surface area contributed by atoms with E-state index in [1.807, 2.05) is 47.6 Å². The van der Waals surface area contributed by atoms with E-state index in [9.17, 15) is 9.59 Å². The first-order valence-electron chi connectivity index (χ1n) is 14.6. The van der Waals surface area contributed by atoms with Crippen molar-refractivity contribution in [3.05, 3.63) is 72.4 Å². The van der Waals surface area contributed by atoms with Crippen molar-refractivity contribution in [2.24, 2.45) is 0 Å². The van der Waals surface area contributed by atoms with Crippen molar-refractivity contribution in [3.63, 3.8) is 0 Å². The van der Waals surface area contributed by atoms with Gasteiger partial charge in [0.15, 0.2) is 0 Å². The molecule has 12 heteroatoms. The van der Waals surface area contributed by atoms with E-state index in [2.05, 4.69) is 54.2 Å². The number of rotatable bonds is 5. The zero-order chi connectivity index (χ0) is 29.5. The second-order valence-electron chi connectivity index (χ2n) is 11.4. The molecule has 2 N–H and O–H groups in total. The zero-order valence-electron chi connectivity index (χ0n) is 24.3. The number of amides is 2. The molecule has 2 aliphatic rings. The molecule has 12 nitrogen and oxygen atoms in total. The van der Waals surface area contributed by atoms with Crippen LogP contribution in [0.5, 0.6) is 0 Å². The van der Waals surface area contributed by atoms with Crippen LogP contribution in [0.15, 0.2) is 61.3 Å². The van der Waals surface area contributed by atoms with Crippen molar-refractivity contribution < 1.29 is 9.59 Å². The van der Waals surface area contributed by atoms with E-state index in [1.54, 1.807) is 23.1 Å². The first-order chi connectivity index (χ1) is 20.9. The van der Waals surface area contributed by atoms with Gasteiger partial charge >= 0.3 is 0 Å². The number of pyridine rings is 3. The molecular formula is C31H34N10O2. The lowest BCUT2D eigenvalue weighted by molar-refractivity contribution is 0.0666. The van der Waals surface area contributed by atoms with Gasteiger partial charge in [0.2, 0.25) is 0 Å². The molecule has 2 amide bonds. The number of aromatic nitrogens is 5. The summed E-state index contributed by atoms with van der Waals surface area (Å²) in [6.45, 7) is 6.97. The largest absolute Gasteiger partial charge is 0.354 e. The molecule has 43 heavy (non-hydrogen) atoms. The first-order valence-corrected chi connectivity index (χ1v) is 14.6. The summed E-state index contributed by atoms with van der Waals surface area (Å²) in [5.74, 6) is 0.641. The number of nitrogens with zero attached hydrogens (tertiary/aromatic N) is 8. The number of carbonyl (C=O) groups is 2. The maximum Gasteiger partial charge on any atom is 0.257 e. The van der Waals surface area contributed by atoms with Crippen molar-refractivity contribution in [2.45, 2.75) is 0 Å². The fourth-order valence-electron chi connectivity index (χ4n) is 5.75. The maximum absolute atomic E-state index is 13.4. The summed E-state index contributed by atoms with van der Waals surface area (Å²) in [6.07, 6.45) is 8.64. The predicted octanol–water partition coefficient (Wildman–Crippen LogP) is 2.66. The number of carbonyl (C=O) groups excluding carboxylic acids is 2. The van der Waals surface area contributed by atoms with Gasteiger partial charge in [-0.15, -0.1) is 0 Å². The van der Waals surface area contributed by atoms with Gasteiger partial charge in [-0.25, -0.2) is 14.5 Å². The van der Waals surface area contributed by atoms with Gasteiger partial charge in [-0.05, 0) is 50.0 Å². The highest BCUT2D eigenvalue weighted by Gasteiger charge is 2.24. The summed E-state index contributed by atoms with van der Waals surface area (Å²) in [5, 5.41) is 8.19. The summed E-state index contributed by atoms with van der Waals surface area (Å²) in [4.78, 5) is 47.5. The summed E-state index contributed by atoms with van der Waals surface area (Å²) >= 11 is 0. The molecule has 0 aliphatic carbocycles. The van der Waals surface area contributed by atoms with Crippen LogP contribution in [-0.4, -0.2) is 118 Å². The van der Waals surface area contributed by atoms with Crippen LogP contribution in [-0.2, 0) is 0 Å². The molecule has 0 unspecified atom stereocenters. The Morgan fingerprint density at radius 1 is 0.860 bits per heavy atom. The third-order valence-electron chi connectivity index (χ3n) is 8.48. The Balaban J connectivity index is 1.12. The Hall–Kier alpha value is -4.81. The van der Waals surface area contributed by atoms with Crippen LogP contribution in [0.2, 0.25) is 0 Å². The second kappa shape index (κ2) is 11.1. The molecule has 2 saturated heterocycles. The van der Waals surface area contributed by atoms with Crippen molar-refractivity contribution in [3.8, 4) is 11.1 Å². The summed E-state index contributed by atoms with van der Waals surface area (Å²) in [7, 11) is 4.19. The van der Waals surface area contributed by atoms with Crippen molar-refractivity contribution in [1.82, 2.24) is 39.3 Å². The third-order valence-corrected chi connectivity index (χ3v) is 8.48. The summed E-state index contributed by atoms with van der Waals surface area (Å²) in [6, 6.07) is 9.59.